The third kappa shape index (κ3) is 15.6. The van der Waals surface area contributed by atoms with E-state index < -0.39 is 63.5 Å². The van der Waals surface area contributed by atoms with Gasteiger partial charge in [-0.05, 0) is 51.5 Å². The average Bonchev–Trinajstić information content (AvgIpc) is 4.01. The molecule has 404 valence electrons. The van der Waals surface area contributed by atoms with Gasteiger partial charge in [0.15, 0.2) is 0 Å². The number of hydrogen-bond acceptors (Lipinski definition) is 11. The fourth-order valence-electron chi connectivity index (χ4n) is 9.48. The van der Waals surface area contributed by atoms with Gasteiger partial charge in [-0.1, -0.05) is 221 Å². The smallest absolute Gasteiger partial charge is 0.308 e. The number of nitrogens with one attached hydrogen (secondary N) is 3. The van der Waals surface area contributed by atoms with Gasteiger partial charge in [-0.3, -0.25) is 19.2 Å². The van der Waals surface area contributed by atoms with Gasteiger partial charge in [0.1, 0.15) is 18.7 Å². The van der Waals surface area contributed by atoms with Crippen molar-refractivity contribution in [2.75, 3.05) is 18.1 Å². The van der Waals surface area contributed by atoms with E-state index >= 15 is 0 Å². The molecule has 0 aliphatic heterocycles. The molecule has 0 aliphatic carbocycles. The number of esters is 1. The van der Waals surface area contributed by atoms with E-state index in [0.717, 1.165) is 33.4 Å². The van der Waals surface area contributed by atoms with E-state index in [-0.39, 0.29) is 37.5 Å². The predicted molar refractivity (Wildman–Crippen MR) is 316 cm³/mol. The number of thiazole rings is 1. The van der Waals surface area contributed by atoms with Crippen molar-refractivity contribution in [3.05, 3.63) is 257 Å². The van der Waals surface area contributed by atoms with Crippen LogP contribution in [0.5, 0.6) is 0 Å². The number of aliphatic hydroxyl groups is 2. The second-order valence-electron chi connectivity index (χ2n) is 19.1. The number of benzene rings is 6. The highest BCUT2D eigenvalue weighted by Crippen LogP contribution is 2.50. The quantitative estimate of drug-likeness (QED) is 0.0132. The first kappa shape index (κ1) is 58.6. The maximum Gasteiger partial charge on any atom is 0.308 e. The monoisotopic (exact) mass is 1100 g/mol. The number of allylic oxidation sites excluding steroid dienone is 1. The molecule has 7 rings (SSSR count). The first-order chi connectivity index (χ1) is 37.9. The lowest BCUT2D eigenvalue weighted by Gasteiger charge is -2.37. The number of hydrogen-bond donors (Lipinski definition) is 5. The Bertz CT molecular complexity index is 2780. The molecule has 0 aliphatic rings. The Labute approximate surface area is 471 Å². The van der Waals surface area contributed by atoms with Crippen LogP contribution in [-0.4, -0.2) is 87.3 Å². The van der Waals surface area contributed by atoms with Crippen LogP contribution in [0, 0.1) is 5.92 Å². The van der Waals surface area contributed by atoms with Crippen molar-refractivity contribution in [2.24, 2.45) is 5.92 Å². The van der Waals surface area contributed by atoms with Crippen LogP contribution in [-0.2, 0) is 39.8 Å². The molecule has 0 radical (unpaired) electrons. The van der Waals surface area contributed by atoms with Gasteiger partial charge >= 0.3 is 5.97 Å². The van der Waals surface area contributed by atoms with Gasteiger partial charge in [0.25, 0.3) is 0 Å². The molecule has 1 heterocycles. The Morgan fingerprint density at radius 3 is 1.50 bits per heavy atom. The number of aliphatic hydroxyl groups excluding tert-OH is 2. The minimum atomic E-state index is -1.32. The number of rotatable bonds is 29. The van der Waals surface area contributed by atoms with Crippen LogP contribution in [0.1, 0.15) is 72.2 Å². The highest BCUT2D eigenvalue weighted by Gasteiger charge is 2.41. The molecule has 0 saturated heterocycles. The maximum atomic E-state index is 14.9. The van der Waals surface area contributed by atoms with E-state index in [4.69, 9.17) is 4.74 Å². The lowest BCUT2D eigenvalue weighted by atomic mass is 9.84. The third-order valence-corrected chi connectivity index (χ3v) is 17.1. The fourth-order valence-corrected chi connectivity index (χ4v) is 13.1. The molecule has 1 aromatic heterocycles. The third-order valence-electron chi connectivity index (χ3n) is 13.3. The predicted octanol–water partition coefficient (Wildman–Crippen LogP) is 10.4. The van der Waals surface area contributed by atoms with Crippen molar-refractivity contribution >= 4 is 58.6 Å². The molecule has 0 saturated carbocycles. The molecular formula is C64H68N4O7S3. The first-order valence-corrected chi connectivity index (χ1v) is 29.0. The fraction of sp³-hybridized carbons (Fsp3) is 0.266. The zero-order chi connectivity index (χ0) is 55.2. The second-order valence-corrected chi connectivity index (χ2v) is 22.4. The topological polar surface area (TPSA) is 167 Å². The number of aromatic nitrogens is 1. The Morgan fingerprint density at radius 1 is 0.628 bits per heavy atom. The van der Waals surface area contributed by atoms with E-state index in [0.29, 0.717) is 17.9 Å². The van der Waals surface area contributed by atoms with Gasteiger partial charge in [-0.25, -0.2) is 4.98 Å². The minimum absolute atomic E-state index is 0.000156. The van der Waals surface area contributed by atoms with Crippen molar-refractivity contribution in [1.82, 2.24) is 20.9 Å². The van der Waals surface area contributed by atoms with Gasteiger partial charge in [0.2, 0.25) is 17.7 Å². The number of carbonyl (C=O) groups is 4. The number of carbonyl (C=O) groups excluding carboxylic acids is 4. The Kier molecular flexibility index (Phi) is 22.2. The lowest BCUT2D eigenvalue weighted by Crippen LogP contribution is -2.58. The Hall–Kier alpha value is -7.07. The van der Waals surface area contributed by atoms with Gasteiger partial charge in [-0.2, -0.15) is 0 Å². The number of amides is 3. The summed E-state index contributed by atoms with van der Waals surface area (Å²) >= 11 is 4.60. The average molecular weight is 1100 g/mol. The minimum Gasteiger partial charge on any atom is -0.461 e. The molecular weight excluding hydrogens is 1030 g/mol. The number of ether oxygens (including phenoxy) is 1. The van der Waals surface area contributed by atoms with Crippen LogP contribution in [0.4, 0.5) is 0 Å². The summed E-state index contributed by atoms with van der Waals surface area (Å²) in [7, 11) is 0. The molecule has 0 fully saturated rings. The molecule has 0 bridgehead atoms. The van der Waals surface area contributed by atoms with E-state index in [1.165, 1.54) is 29.2 Å². The largest absolute Gasteiger partial charge is 0.461 e. The van der Waals surface area contributed by atoms with E-state index in [1.54, 1.807) is 28.7 Å². The molecule has 5 N–H and O–H groups in total. The van der Waals surface area contributed by atoms with Crippen molar-refractivity contribution in [1.29, 1.82) is 0 Å². The van der Waals surface area contributed by atoms with Gasteiger partial charge < -0.3 is 30.9 Å². The standard InChI is InChI=1S/C64H68N4O7S3/c1-4-38-75-59(72)42-57(70)60(46(2)3)68-62(74)56(44-78-64(50-31-17-8-18-32-50,51-33-19-9-20-34-51)52-35-21-10-22-36-52)67-61(73)55(40-53-43-76-45-65-53)66-58(71)41-54(69)37-23-24-39-77-63(47-25-11-5-12-26-47,48-27-13-6-14-28-48)49-29-15-7-16-30-49/h4-23,25-37,43,45-46,54-57,60,69-70H,1,24,38-42,44H2,2-3H3,(H,66,71)(H,67,73)(H,68,74)/t54-,55-,56-,57+,60-/m1/s1. The lowest BCUT2D eigenvalue weighted by molar-refractivity contribution is -0.145. The zero-order valence-corrected chi connectivity index (χ0v) is 46.4. The highest BCUT2D eigenvalue weighted by molar-refractivity contribution is 8.00. The Morgan fingerprint density at radius 2 is 1.08 bits per heavy atom. The summed E-state index contributed by atoms with van der Waals surface area (Å²) in [5, 5.41) is 33.3. The zero-order valence-electron chi connectivity index (χ0n) is 43.9. The highest BCUT2D eigenvalue weighted by atomic mass is 32.2. The number of nitrogens with zero attached hydrogens (tertiary/aromatic N) is 1. The summed E-state index contributed by atoms with van der Waals surface area (Å²) in [5.41, 5.74) is 8.43. The molecule has 7 aromatic rings. The van der Waals surface area contributed by atoms with Crippen LogP contribution in [0.15, 0.2) is 218 Å². The molecule has 14 heteroatoms. The second kappa shape index (κ2) is 29.6. The van der Waals surface area contributed by atoms with Crippen LogP contribution >= 0.6 is 34.9 Å². The summed E-state index contributed by atoms with van der Waals surface area (Å²) in [6.45, 7) is 7.18. The summed E-state index contributed by atoms with van der Waals surface area (Å²) in [4.78, 5) is 60.7. The van der Waals surface area contributed by atoms with Crippen LogP contribution in [0.3, 0.4) is 0 Å². The summed E-state index contributed by atoms with van der Waals surface area (Å²) in [6, 6.07) is 57.7. The SMILES string of the molecule is C=CCOC(=O)C[C@H](O)[C@H](NC(=O)[C@@H](CSC(c1ccccc1)(c1ccccc1)c1ccccc1)NC(=O)[C@@H](Cc1cscn1)NC(=O)C[C@H](O)C=CCCSC(c1ccccc1)(c1ccccc1)c1ccccc1)C(C)C. The molecule has 0 spiro atoms. The normalized spacial score (nSPS) is 13.7. The summed E-state index contributed by atoms with van der Waals surface area (Å²) in [5.74, 6) is -2.14. The number of thioether (sulfide) groups is 2. The maximum absolute atomic E-state index is 14.9. The molecule has 5 atom stereocenters. The van der Waals surface area contributed by atoms with Gasteiger partial charge in [0, 0.05) is 17.6 Å². The van der Waals surface area contributed by atoms with Crippen molar-refractivity contribution in [2.45, 2.75) is 79.4 Å². The van der Waals surface area contributed by atoms with E-state index in [2.05, 4.69) is 100 Å². The van der Waals surface area contributed by atoms with E-state index in [9.17, 15) is 29.4 Å². The molecule has 0 unspecified atom stereocenters. The van der Waals surface area contributed by atoms with Crippen LogP contribution < -0.4 is 16.0 Å². The summed E-state index contributed by atoms with van der Waals surface area (Å²) in [6.07, 6.45) is 2.31. The van der Waals surface area contributed by atoms with Gasteiger partial charge in [-0.15, -0.1) is 34.9 Å². The Balaban J connectivity index is 1.11. The van der Waals surface area contributed by atoms with Crippen molar-refractivity contribution in [3.63, 3.8) is 0 Å². The van der Waals surface area contributed by atoms with Crippen molar-refractivity contribution in [3.8, 4) is 0 Å². The van der Waals surface area contributed by atoms with Crippen LogP contribution in [0.25, 0.3) is 0 Å². The molecule has 3 amide bonds. The van der Waals surface area contributed by atoms with Crippen LogP contribution in [0.2, 0.25) is 0 Å². The van der Waals surface area contributed by atoms with Crippen molar-refractivity contribution < 1.29 is 34.1 Å². The molecule has 11 nitrogen and oxygen atoms in total. The molecule has 78 heavy (non-hydrogen) atoms. The van der Waals surface area contributed by atoms with Gasteiger partial charge in [0.05, 0.1) is 51.8 Å². The molecule has 6 aromatic carbocycles. The summed E-state index contributed by atoms with van der Waals surface area (Å²) < 4.78 is 3.77. The first-order valence-electron chi connectivity index (χ1n) is 26.1. The van der Waals surface area contributed by atoms with E-state index in [1.807, 2.05) is 129 Å².